The third kappa shape index (κ3) is 12.4. The highest BCUT2D eigenvalue weighted by molar-refractivity contribution is 7.80. The Morgan fingerprint density at radius 1 is 0.769 bits per heavy atom. The molecule has 15 atom stereocenters. The number of amides is 1. The van der Waals surface area contributed by atoms with Crippen molar-refractivity contribution in [2.45, 2.75) is 151 Å². The monoisotopic (exact) mass is 778 g/mol. The molecule has 0 radical (unpaired) electrons. The normalized spacial score (nSPS) is 38.5. The number of carbonyl (C=O) groups is 2. The smallest absolute Gasteiger partial charge is 0.397 e. The lowest BCUT2D eigenvalue weighted by atomic mass is 9.94. The molecule has 0 bridgehead atoms. The van der Waals surface area contributed by atoms with Gasteiger partial charge in [-0.25, -0.2) is 4.18 Å². The van der Waals surface area contributed by atoms with Crippen molar-refractivity contribution in [3.8, 4) is 0 Å². The summed E-state index contributed by atoms with van der Waals surface area (Å²) in [6.45, 7) is 1.49. The van der Waals surface area contributed by atoms with E-state index < -0.39 is 115 Å². The van der Waals surface area contributed by atoms with Gasteiger partial charge in [0.15, 0.2) is 18.9 Å². The molecule has 3 fully saturated rings. The highest BCUT2D eigenvalue weighted by atomic mass is 32.3. The molecule has 0 saturated carbocycles. The Labute approximate surface area is 301 Å². The van der Waals surface area contributed by atoms with Crippen LogP contribution in [0.15, 0.2) is 0 Å². The van der Waals surface area contributed by atoms with Crippen molar-refractivity contribution in [1.82, 2.24) is 5.32 Å². The number of nitrogens with one attached hydrogen (secondary N) is 1. The molecule has 0 aromatic carbocycles. The lowest BCUT2D eigenvalue weighted by Gasteiger charge is -2.50. The number of aliphatic hydroxyl groups excluding tert-OH is 6. The number of nitrogens with two attached hydrogens (primary N) is 1. The standard InChI is InChI=1S/C30H54N2O19S/c1-14-20(36)22(38)23(39)29(46-14)50-26-19(32-15(2)34)28(45-11-9-7-5-4-6-8-10-18(35)44-3)47-16(12-31)25(26)49-30-24(40)27(51-52(41,42)43)21(37)17(13-33)48-30/h14,16-17,19-30,33,36-40H,4-13,31H2,1-3H3,(H,32,34)(H,41,42,43)/t14-,16+,17+,19+,20+,21-,22+,23-,24+,25+,26+,27-,28+,29-,30-/m0/s1. The van der Waals surface area contributed by atoms with Crippen molar-refractivity contribution in [3.05, 3.63) is 0 Å². The van der Waals surface area contributed by atoms with Crippen LogP contribution >= 0.6 is 0 Å². The van der Waals surface area contributed by atoms with Gasteiger partial charge in [-0.1, -0.05) is 25.7 Å². The zero-order valence-corrected chi connectivity index (χ0v) is 30.1. The Morgan fingerprint density at radius 2 is 1.37 bits per heavy atom. The summed E-state index contributed by atoms with van der Waals surface area (Å²) in [5.74, 6) is -0.861. The van der Waals surface area contributed by atoms with Gasteiger partial charge in [-0.05, 0) is 19.8 Å². The van der Waals surface area contributed by atoms with Crippen molar-refractivity contribution in [2.75, 3.05) is 26.9 Å². The molecule has 0 unspecified atom stereocenters. The van der Waals surface area contributed by atoms with Gasteiger partial charge in [-0.3, -0.25) is 14.1 Å². The minimum Gasteiger partial charge on any atom is -0.469 e. The number of esters is 1. The second kappa shape index (κ2) is 20.8. The van der Waals surface area contributed by atoms with Crippen molar-refractivity contribution >= 4 is 22.3 Å². The molecule has 3 saturated heterocycles. The Balaban J connectivity index is 1.86. The SMILES string of the molecule is COC(=O)CCCCCCCCO[C@@H]1O[C@H](CN)[C@@H](O[C@@H]2O[C@H](CO)[C@H](O)[C@H](OS(=O)(=O)O)[C@H]2O)[C@H](O[C@@H]2O[C@@H](C)[C@@H](O)[C@@H](O)[C@@H]2O)[C@H]1NC(C)=O. The van der Waals surface area contributed by atoms with E-state index in [2.05, 4.69) is 14.2 Å². The Kier molecular flexibility index (Phi) is 17.9. The van der Waals surface area contributed by atoms with Gasteiger partial charge in [-0.15, -0.1) is 0 Å². The van der Waals surface area contributed by atoms with Gasteiger partial charge in [0.1, 0.15) is 67.1 Å². The molecule has 304 valence electrons. The van der Waals surface area contributed by atoms with Crippen LogP contribution in [0.25, 0.3) is 0 Å². The Hall–Kier alpha value is -1.71. The third-order valence-electron chi connectivity index (χ3n) is 8.98. The fourth-order valence-corrected chi connectivity index (χ4v) is 6.69. The fourth-order valence-electron chi connectivity index (χ4n) is 6.18. The summed E-state index contributed by atoms with van der Waals surface area (Å²) in [6.07, 6.45) is -18.0. The van der Waals surface area contributed by atoms with Gasteiger partial charge in [0.25, 0.3) is 0 Å². The molecule has 3 rings (SSSR count). The molecule has 3 aliphatic heterocycles. The van der Waals surface area contributed by atoms with Crippen LogP contribution in [0.4, 0.5) is 0 Å². The predicted molar refractivity (Wildman–Crippen MR) is 172 cm³/mol. The molecule has 52 heavy (non-hydrogen) atoms. The Bertz CT molecular complexity index is 1220. The highest BCUT2D eigenvalue weighted by Gasteiger charge is 2.55. The maximum atomic E-state index is 12.5. The van der Waals surface area contributed by atoms with Gasteiger partial charge >= 0.3 is 16.4 Å². The number of hydrogen-bond donors (Lipinski definition) is 9. The van der Waals surface area contributed by atoms with Gasteiger partial charge in [0.05, 0.1) is 19.8 Å². The van der Waals surface area contributed by atoms with E-state index in [9.17, 15) is 53.2 Å². The van der Waals surface area contributed by atoms with Crippen molar-refractivity contribution in [3.63, 3.8) is 0 Å². The van der Waals surface area contributed by atoms with E-state index in [-0.39, 0.29) is 19.1 Å². The fraction of sp³-hybridized carbons (Fsp3) is 0.933. The van der Waals surface area contributed by atoms with Crippen molar-refractivity contribution in [1.29, 1.82) is 0 Å². The largest absolute Gasteiger partial charge is 0.469 e. The lowest BCUT2D eigenvalue weighted by Crippen LogP contribution is -2.70. The van der Waals surface area contributed by atoms with Crippen LogP contribution in [0.2, 0.25) is 0 Å². The van der Waals surface area contributed by atoms with E-state index in [0.717, 1.165) is 25.7 Å². The molecule has 0 aromatic heterocycles. The summed E-state index contributed by atoms with van der Waals surface area (Å²) < 4.78 is 77.0. The van der Waals surface area contributed by atoms with E-state index in [4.69, 9.17) is 34.2 Å². The summed E-state index contributed by atoms with van der Waals surface area (Å²) in [6, 6.07) is -1.27. The number of carbonyl (C=O) groups excluding carboxylic acids is 2. The van der Waals surface area contributed by atoms with E-state index in [1.54, 1.807) is 0 Å². The molecule has 0 aliphatic carbocycles. The first kappa shape index (κ1) is 44.7. The summed E-state index contributed by atoms with van der Waals surface area (Å²) >= 11 is 0. The summed E-state index contributed by atoms with van der Waals surface area (Å²) in [5.41, 5.74) is 6.07. The molecule has 3 heterocycles. The summed E-state index contributed by atoms with van der Waals surface area (Å²) in [4.78, 5) is 23.8. The molecule has 21 nitrogen and oxygen atoms in total. The average molecular weight is 779 g/mol. The quantitative estimate of drug-likeness (QED) is 0.0346. The van der Waals surface area contributed by atoms with Crippen molar-refractivity contribution in [2.24, 2.45) is 5.73 Å². The minimum atomic E-state index is -5.25. The van der Waals surface area contributed by atoms with Gasteiger partial charge < -0.3 is 74.8 Å². The number of rotatable bonds is 19. The summed E-state index contributed by atoms with van der Waals surface area (Å²) in [5, 5.41) is 65.5. The topological polar surface area (TPSA) is 322 Å². The minimum absolute atomic E-state index is 0.137. The zero-order chi connectivity index (χ0) is 38.7. The van der Waals surface area contributed by atoms with Crippen LogP contribution in [0.1, 0.15) is 58.8 Å². The first-order valence-corrected chi connectivity index (χ1v) is 18.5. The van der Waals surface area contributed by atoms with Crippen molar-refractivity contribution < 1.29 is 90.5 Å². The first-order chi connectivity index (χ1) is 24.5. The van der Waals surface area contributed by atoms with Crippen LogP contribution in [0.5, 0.6) is 0 Å². The molecule has 1 amide bonds. The molecular formula is C30H54N2O19S. The number of methoxy groups -OCH3 is 1. The maximum Gasteiger partial charge on any atom is 0.397 e. The van der Waals surface area contributed by atoms with E-state index in [1.807, 2.05) is 0 Å². The van der Waals surface area contributed by atoms with Crippen LogP contribution in [-0.2, 0) is 57.3 Å². The molecule has 0 spiro atoms. The third-order valence-corrected chi connectivity index (χ3v) is 9.44. The lowest BCUT2D eigenvalue weighted by molar-refractivity contribution is -0.369. The number of aliphatic hydroxyl groups is 6. The molecule has 10 N–H and O–H groups in total. The van der Waals surface area contributed by atoms with Gasteiger partial charge in [-0.2, -0.15) is 8.42 Å². The molecular weight excluding hydrogens is 724 g/mol. The van der Waals surface area contributed by atoms with E-state index in [1.165, 1.54) is 21.0 Å². The Morgan fingerprint density at radius 3 is 1.96 bits per heavy atom. The van der Waals surface area contributed by atoms with E-state index in [0.29, 0.717) is 19.3 Å². The number of ether oxygens (including phenoxy) is 7. The molecule has 22 heteroatoms. The van der Waals surface area contributed by atoms with Crippen LogP contribution in [0, 0.1) is 0 Å². The first-order valence-electron chi connectivity index (χ1n) is 17.1. The zero-order valence-electron chi connectivity index (χ0n) is 29.2. The van der Waals surface area contributed by atoms with Crippen LogP contribution in [0.3, 0.4) is 0 Å². The van der Waals surface area contributed by atoms with Gasteiger partial charge in [0.2, 0.25) is 5.91 Å². The van der Waals surface area contributed by atoms with Gasteiger partial charge in [0, 0.05) is 26.5 Å². The predicted octanol–water partition coefficient (Wildman–Crippen LogP) is -3.68. The average Bonchev–Trinajstić information content (AvgIpc) is 3.09. The van der Waals surface area contributed by atoms with E-state index >= 15 is 0 Å². The summed E-state index contributed by atoms with van der Waals surface area (Å²) in [7, 11) is -3.91. The number of unbranched alkanes of at least 4 members (excludes halogenated alkanes) is 5. The second-order valence-corrected chi connectivity index (χ2v) is 13.9. The van der Waals surface area contributed by atoms with Crippen LogP contribution < -0.4 is 11.1 Å². The molecule has 3 aliphatic rings. The van der Waals surface area contributed by atoms with Crippen LogP contribution in [-0.4, -0.2) is 174 Å². The maximum absolute atomic E-state index is 12.5. The molecule has 0 aromatic rings. The number of hydrogen-bond acceptors (Lipinski definition) is 19. The highest BCUT2D eigenvalue weighted by Crippen LogP contribution is 2.34. The second-order valence-electron chi connectivity index (χ2n) is 12.9.